The van der Waals surface area contributed by atoms with Gasteiger partial charge >= 0.3 is 17.9 Å². The van der Waals surface area contributed by atoms with Crippen LogP contribution in [-0.2, 0) is 9.59 Å². The van der Waals surface area contributed by atoms with E-state index in [-0.39, 0.29) is 0 Å². The number of carboxylic acid groups (broad SMARTS) is 2. The summed E-state index contributed by atoms with van der Waals surface area (Å²) in [5.41, 5.74) is 0. The van der Waals surface area contributed by atoms with Gasteiger partial charge in [-0.1, -0.05) is 6.92 Å². The molecule has 0 aromatic heterocycles. The van der Waals surface area contributed by atoms with Crippen molar-refractivity contribution in [3.8, 4) is 0 Å². The normalized spacial score (nSPS) is 13.9. The number of hydrogen-bond acceptors (Lipinski definition) is 2. The lowest BCUT2D eigenvalue weighted by Gasteiger charge is -2.12. The van der Waals surface area contributed by atoms with Gasteiger partial charge in [0.25, 0.3) is 0 Å². The van der Waals surface area contributed by atoms with E-state index in [9.17, 15) is 18.4 Å². The Kier molecular flexibility index (Phi) is 3.12. The molecule has 0 spiro atoms. The first-order chi connectivity index (χ1) is 5.27. The molecule has 70 valence electrons. The van der Waals surface area contributed by atoms with Crippen molar-refractivity contribution in [2.45, 2.75) is 19.3 Å². The van der Waals surface area contributed by atoms with Crippen LogP contribution in [0.4, 0.5) is 8.78 Å². The van der Waals surface area contributed by atoms with Crippen molar-refractivity contribution in [1.82, 2.24) is 0 Å². The fourth-order valence-corrected chi connectivity index (χ4v) is 0.559. The maximum atomic E-state index is 12.3. The Bertz CT molecular complexity index is 202. The minimum Gasteiger partial charge on any atom is -0.481 e. The van der Waals surface area contributed by atoms with Crippen molar-refractivity contribution >= 4 is 11.9 Å². The number of carbonyl (C=O) groups is 2. The van der Waals surface area contributed by atoms with Crippen LogP contribution in [0.15, 0.2) is 0 Å². The minimum absolute atomic E-state index is 1.03. The largest absolute Gasteiger partial charge is 0.481 e. The smallest absolute Gasteiger partial charge is 0.374 e. The topological polar surface area (TPSA) is 74.6 Å². The first-order valence-corrected chi connectivity index (χ1v) is 3.11. The van der Waals surface area contributed by atoms with Crippen LogP contribution in [0.5, 0.6) is 0 Å². The third kappa shape index (κ3) is 2.81. The summed E-state index contributed by atoms with van der Waals surface area (Å²) in [5.74, 6) is -9.06. The summed E-state index contributed by atoms with van der Waals surface area (Å²) in [6.45, 7) is 1.03. The summed E-state index contributed by atoms with van der Waals surface area (Å²) in [5, 5.41) is 16.1. The average Bonchev–Trinajstić information content (AvgIpc) is 1.85. The lowest BCUT2D eigenvalue weighted by atomic mass is 10.0. The number of aliphatic carboxylic acids is 2. The average molecular weight is 182 g/mol. The lowest BCUT2D eigenvalue weighted by molar-refractivity contribution is -0.169. The fraction of sp³-hybridized carbons (Fsp3) is 0.667. The second-order valence-electron chi connectivity index (χ2n) is 2.45. The van der Waals surface area contributed by atoms with E-state index in [0.29, 0.717) is 0 Å². The molecule has 0 saturated carbocycles. The van der Waals surface area contributed by atoms with Crippen LogP contribution in [0.1, 0.15) is 13.3 Å². The Morgan fingerprint density at radius 2 is 1.83 bits per heavy atom. The van der Waals surface area contributed by atoms with Gasteiger partial charge in [0.2, 0.25) is 0 Å². The maximum absolute atomic E-state index is 12.3. The van der Waals surface area contributed by atoms with Crippen molar-refractivity contribution in [1.29, 1.82) is 0 Å². The van der Waals surface area contributed by atoms with Gasteiger partial charge in [0, 0.05) is 6.42 Å². The summed E-state index contributed by atoms with van der Waals surface area (Å²) in [4.78, 5) is 19.9. The van der Waals surface area contributed by atoms with Gasteiger partial charge in [-0.05, 0) is 0 Å². The van der Waals surface area contributed by atoms with Crippen LogP contribution in [0.2, 0.25) is 0 Å². The number of hydrogen-bond donors (Lipinski definition) is 2. The molecule has 0 radical (unpaired) electrons. The highest BCUT2D eigenvalue weighted by Gasteiger charge is 2.41. The molecule has 1 atom stereocenters. The van der Waals surface area contributed by atoms with Crippen molar-refractivity contribution in [3.63, 3.8) is 0 Å². The van der Waals surface area contributed by atoms with E-state index in [1.807, 2.05) is 0 Å². The molecule has 12 heavy (non-hydrogen) atoms. The van der Waals surface area contributed by atoms with E-state index < -0.39 is 30.2 Å². The molecule has 0 aliphatic heterocycles. The third-order valence-corrected chi connectivity index (χ3v) is 1.30. The zero-order valence-electron chi connectivity index (χ0n) is 6.25. The van der Waals surface area contributed by atoms with Gasteiger partial charge in [-0.25, -0.2) is 4.79 Å². The van der Waals surface area contributed by atoms with Crippen LogP contribution < -0.4 is 0 Å². The van der Waals surface area contributed by atoms with Gasteiger partial charge in [-0.3, -0.25) is 4.79 Å². The Labute approximate surface area is 66.8 Å². The van der Waals surface area contributed by atoms with E-state index >= 15 is 0 Å². The van der Waals surface area contributed by atoms with Crippen molar-refractivity contribution < 1.29 is 28.6 Å². The second-order valence-corrected chi connectivity index (χ2v) is 2.45. The molecule has 0 aliphatic carbocycles. The molecule has 0 aromatic rings. The van der Waals surface area contributed by atoms with Crippen LogP contribution >= 0.6 is 0 Å². The second kappa shape index (κ2) is 3.46. The quantitative estimate of drug-likeness (QED) is 0.674. The number of halogens is 2. The Hall–Kier alpha value is -1.20. The zero-order valence-corrected chi connectivity index (χ0v) is 6.25. The van der Waals surface area contributed by atoms with Crippen LogP contribution in [0.3, 0.4) is 0 Å². The van der Waals surface area contributed by atoms with Crippen molar-refractivity contribution in [2.75, 3.05) is 0 Å². The molecule has 0 saturated heterocycles. The minimum atomic E-state index is -3.96. The summed E-state index contributed by atoms with van der Waals surface area (Å²) < 4.78 is 24.6. The number of carboxylic acids is 2. The highest BCUT2D eigenvalue weighted by Crippen LogP contribution is 2.23. The van der Waals surface area contributed by atoms with Gasteiger partial charge in [-0.15, -0.1) is 0 Å². The molecule has 0 heterocycles. The van der Waals surface area contributed by atoms with Crippen LogP contribution in [-0.4, -0.2) is 28.1 Å². The molecular formula is C6H8F2O4. The van der Waals surface area contributed by atoms with Crippen molar-refractivity contribution in [2.24, 2.45) is 5.92 Å². The molecular weight excluding hydrogens is 174 g/mol. The SMILES string of the molecule is CC(CC(F)(F)C(=O)O)C(=O)O. The van der Waals surface area contributed by atoms with Crippen LogP contribution in [0.25, 0.3) is 0 Å². The first-order valence-electron chi connectivity index (χ1n) is 3.11. The molecule has 0 fully saturated rings. The lowest BCUT2D eigenvalue weighted by Crippen LogP contribution is -2.32. The van der Waals surface area contributed by atoms with E-state index in [1.165, 1.54) is 0 Å². The summed E-state index contributed by atoms with van der Waals surface area (Å²) >= 11 is 0. The monoisotopic (exact) mass is 182 g/mol. The van der Waals surface area contributed by atoms with Gasteiger partial charge in [-0.2, -0.15) is 8.78 Å². The molecule has 4 nitrogen and oxygen atoms in total. The Morgan fingerprint density at radius 1 is 1.42 bits per heavy atom. The summed E-state index contributed by atoms with van der Waals surface area (Å²) in [6, 6.07) is 0. The molecule has 0 rings (SSSR count). The molecule has 6 heteroatoms. The van der Waals surface area contributed by atoms with Crippen LogP contribution in [0, 0.1) is 5.92 Å². The molecule has 2 N–H and O–H groups in total. The number of alkyl halides is 2. The Balaban J connectivity index is 4.24. The van der Waals surface area contributed by atoms with Gasteiger partial charge in [0.15, 0.2) is 0 Å². The predicted molar refractivity (Wildman–Crippen MR) is 34.0 cm³/mol. The molecule has 0 aliphatic rings. The Morgan fingerprint density at radius 3 is 2.08 bits per heavy atom. The van der Waals surface area contributed by atoms with E-state index in [0.717, 1.165) is 6.92 Å². The molecule has 1 unspecified atom stereocenters. The zero-order chi connectivity index (χ0) is 9.94. The van der Waals surface area contributed by atoms with E-state index in [4.69, 9.17) is 10.2 Å². The van der Waals surface area contributed by atoms with E-state index in [2.05, 4.69) is 0 Å². The summed E-state index contributed by atoms with van der Waals surface area (Å²) in [7, 11) is 0. The molecule has 0 amide bonds. The highest BCUT2D eigenvalue weighted by atomic mass is 19.3. The maximum Gasteiger partial charge on any atom is 0.374 e. The summed E-state index contributed by atoms with van der Waals surface area (Å²) in [6.07, 6.45) is -1.18. The fourth-order valence-electron chi connectivity index (χ4n) is 0.559. The standard InChI is InChI=1S/C6H8F2O4/c1-3(4(9)10)2-6(7,8)5(11)12/h3H,2H2,1H3,(H,9,10)(H,11,12). The van der Waals surface area contributed by atoms with E-state index in [1.54, 1.807) is 0 Å². The van der Waals surface area contributed by atoms with Crippen molar-refractivity contribution in [3.05, 3.63) is 0 Å². The molecule has 0 bridgehead atoms. The number of rotatable bonds is 4. The third-order valence-electron chi connectivity index (χ3n) is 1.30. The van der Waals surface area contributed by atoms with Gasteiger partial charge in [0.05, 0.1) is 5.92 Å². The molecule has 0 aromatic carbocycles. The van der Waals surface area contributed by atoms with Gasteiger partial charge in [0.1, 0.15) is 0 Å². The first kappa shape index (κ1) is 10.8. The highest BCUT2D eigenvalue weighted by molar-refractivity contribution is 5.77. The van der Waals surface area contributed by atoms with Gasteiger partial charge < -0.3 is 10.2 Å². The predicted octanol–water partition coefficient (Wildman–Crippen LogP) is 0.817.